The Bertz CT molecular complexity index is 470. The lowest BCUT2D eigenvalue weighted by molar-refractivity contribution is 0.279. The van der Waals surface area contributed by atoms with Crippen molar-refractivity contribution in [2.75, 3.05) is 6.54 Å². The van der Waals surface area contributed by atoms with Gasteiger partial charge in [-0.3, -0.25) is 0 Å². The van der Waals surface area contributed by atoms with Gasteiger partial charge < -0.3 is 5.32 Å². The lowest BCUT2D eigenvalue weighted by Gasteiger charge is -2.28. The fourth-order valence-electron chi connectivity index (χ4n) is 4.40. The third-order valence-electron chi connectivity index (χ3n) is 5.35. The molecule has 1 aromatic carbocycles. The fourth-order valence-corrected chi connectivity index (χ4v) is 4.88. The van der Waals surface area contributed by atoms with Crippen LogP contribution in [0.1, 0.15) is 57.1 Å². The quantitative estimate of drug-likeness (QED) is 0.716. The number of rotatable bonds is 6. The van der Waals surface area contributed by atoms with E-state index in [2.05, 4.69) is 34.2 Å². The van der Waals surface area contributed by atoms with Gasteiger partial charge in [0.15, 0.2) is 0 Å². The second kappa shape index (κ2) is 6.78. The lowest BCUT2D eigenvalue weighted by Crippen LogP contribution is -2.26. The molecule has 1 N–H and O–H groups in total. The highest BCUT2D eigenvalue weighted by atomic mass is 79.9. The minimum atomic E-state index is -0.143. The minimum absolute atomic E-state index is 0.143. The first-order chi connectivity index (χ1) is 10.2. The molecule has 21 heavy (non-hydrogen) atoms. The molecule has 0 amide bonds. The van der Waals surface area contributed by atoms with Crippen molar-refractivity contribution >= 4 is 15.9 Å². The smallest absolute Gasteiger partial charge is 0.124 e. The third kappa shape index (κ3) is 3.68. The van der Waals surface area contributed by atoms with Gasteiger partial charge in [0.1, 0.15) is 5.82 Å². The van der Waals surface area contributed by atoms with Gasteiger partial charge in [0.2, 0.25) is 0 Å². The van der Waals surface area contributed by atoms with E-state index >= 15 is 0 Å². The summed E-state index contributed by atoms with van der Waals surface area (Å²) in [4.78, 5) is 0. The first kappa shape index (κ1) is 15.5. The van der Waals surface area contributed by atoms with Crippen molar-refractivity contribution in [2.24, 2.45) is 17.8 Å². The van der Waals surface area contributed by atoms with E-state index in [4.69, 9.17) is 0 Å². The van der Waals surface area contributed by atoms with E-state index in [1.165, 1.54) is 31.7 Å². The third-order valence-corrected chi connectivity index (χ3v) is 5.81. The van der Waals surface area contributed by atoms with Crippen molar-refractivity contribution in [1.82, 2.24) is 5.32 Å². The number of hydrogen-bond donors (Lipinski definition) is 1. The van der Waals surface area contributed by atoms with Crippen LogP contribution in [0.2, 0.25) is 0 Å². The van der Waals surface area contributed by atoms with E-state index in [-0.39, 0.29) is 5.82 Å². The van der Waals surface area contributed by atoms with Crippen molar-refractivity contribution < 1.29 is 4.39 Å². The molecule has 0 spiro atoms. The summed E-state index contributed by atoms with van der Waals surface area (Å²) in [6, 6.07) is 5.61. The van der Waals surface area contributed by atoms with Gasteiger partial charge in [0, 0.05) is 10.5 Å². The Kier molecular flexibility index (Phi) is 5.00. The van der Waals surface area contributed by atoms with Gasteiger partial charge in [-0.25, -0.2) is 4.39 Å². The standard InChI is InChI=1S/C18H25BrFN/c1-2-5-21-18(15-8-16(19)11-17(20)9-15)10-14-7-12-3-4-13(14)6-12/h8-9,11-14,18,21H,2-7,10H2,1H3. The van der Waals surface area contributed by atoms with E-state index in [0.717, 1.165) is 47.2 Å². The molecule has 0 aromatic heterocycles. The predicted molar refractivity (Wildman–Crippen MR) is 88.7 cm³/mol. The molecule has 0 radical (unpaired) electrons. The van der Waals surface area contributed by atoms with Crippen LogP contribution in [0.4, 0.5) is 4.39 Å². The molecule has 4 unspecified atom stereocenters. The number of benzene rings is 1. The van der Waals surface area contributed by atoms with Gasteiger partial charge in [0.25, 0.3) is 0 Å². The summed E-state index contributed by atoms with van der Waals surface area (Å²) in [6.07, 6.45) is 7.98. The van der Waals surface area contributed by atoms with Gasteiger partial charge in [-0.2, -0.15) is 0 Å². The topological polar surface area (TPSA) is 12.0 Å². The Morgan fingerprint density at radius 2 is 2.14 bits per heavy atom. The molecule has 0 heterocycles. The zero-order chi connectivity index (χ0) is 14.8. The predicted octanol–water partition coefficient (Wildman–Crippen LogP) is 5.46. The molecule has 1 nitrogen and oxygen atoms in total. The maximum Gasteiger partial charge on any atom is 0.124 e. The average molecular weight is 354 g/mol. The Morgan fingerprint density at radius 1 is 1.29 bits per heavy atom. The lowest BCUT2D eigenvalue weighted by atomic mass is 9.82. The van der Waals surface area contributed by atoms with E-state index in [1.807, 2.05) is 0 Å². The van der Waals surface area contributed by atoms with Crippen LogP contribution in [0.3, 0.4) is 0 Å². The molecule has 2 aliphatic carbocycles. The number of halogens is 2. The highest BCUT2D eigenvalue weighted by Crippen LogP contribution is 2.51. The van der Waals surface area contributed by atoms with Crippen molar-refractivity contribution in [3.63, 3.8) is 0 Å². The zero-order valence-corrected chi connectivity index (χ0v) is 14.3. The summed E-state index contributed by atoms with van der Waals surface area (Å²) >= 11 is 3.43. The summed E-state index contributed by atoms with van der Waals surface area (Å²) in [7, 11) is 0. The second-order valence-corrected chi connectivity index (χ2v) is 7.80. The van der Waals surface area contributed by atoms with Crippen molar-refractivity contribution in [3.05, 3.63) is 34.1 Å². The van der Waals surface area contributed by atoms with Crippen LogP contribution in [0.5, 0.6) is 0 Å². The van der Waals surface area contributed by atoms with Gasteiger partial charge in [-0.05, 0) is 80.2 Å². The molecule has 116 valence electrons. The van der Waals surface area contributed by atoms with Crippen LogP contribution in [-0.2, 0) is 0 Å². The van der Waals surface area contributed by atoms with Crippen LogP contribution in [0.15, 0.2) is 22.7 Å². The Morgan fingerprint density at radius 3 is 2.76 bits per heavy atom. The number of fused-ring (bicyclic) bond motifs is 2. The molecule has 2 aliphatic rings. The van der Waals surface area contributed by atoms with Crippen LogP contribution >= 0.6 is 15.9 Å². The Balaban J connectivity index is 1.73. The first-order valence-electron chi connectivity index (χ1n) is 8.35. The molecule has 1 aromatic rings. The maximum absolute atomic E-state index is 13.7. The Labute approximate surface area is 135 Å². The van der Waals surface area contributed by atoms with Crippen molar-refractivity contribution in [2.45, 2.75) is 51.5 Å². The van der Waals surface area contributed by atoms with Gasteiger partial charge in [-0.1, -0.05) is 29.3 Å². The SMILES string of the molecule is CCCNC(CC1CC2CCC1C2)c1cc(F)cc(Br)c1. The molecule has 4 atom stereocenters. The summed E-state index contributed by atoms with van der Waals surface area (Å²) in [6.45, 7) is 3.18. The normalized spacial score (nSPS) is 29.0. The van der Waals surface area contributed by atoms with Gasteiger partial charge in [0.05, 0.1) is 0 Å². The molecule has 3 rings (SSSR count). The molecule has 0 saturated heterocycles. The molecule has 3 heteroatoms. The fraction of sp³-hybridized carbons (Fsp3) is 0.667. The first-order valence-corrected chi connectivity index (χ1v) is 9.14. The second-order valence-electron chi connectivity index (χ2n) is 6.88. The highest BCUT2D eigenvalue weighted by Gasteiger charge is 2.40. The van der Waals surface area contributed by atoms with Crippen molar-refractivity contribution in [1.29, 1.82) is 0 Å². The van der Waals surface area contributed by atoms with E-state index < -0.39 is 0 Å². The average Bonchev–Trinajstić information content (AvgIpc) is 3.04. The maximum atomic E-state index is 13.7. The highest BCUT2D eigenvalue weighted by molar-refractivity contribution is 9.10. The number of hydrogen-bond acceptors (Lipinski definition) is 1. The van der Waals surface area contributed by atoms with E-state index in [0.29, 0.717) is 6.04 Å². The van der Waals surface area contributed by atoms with E-state index in [1.54, 1.807) is 6.07 Å². The number of nitrogens with one attached hydrogen (secondary N) is 1. The summed E-state index contributed by atoms with van der Waals surface area (Å²) in [5.74, 6) is 2.60. The van der Waals surface area contributed by atoms with E-state index in [9.17, 15) is 4.39 Å². The van der Waals surface area contributed by atoms with Crippen molar-refractivity contribution in [3.8, 4) is 0 Å². The van der Waals surface area contributed by atoms with Gasteiger partial charge >= 0.3 is 0 Å². The monoisotopic (exact) mass is 353 g/mol. The Hall–Kier alpha value is -0.410. The molecular formula is C18H25BrFN. The summed E-state index contributed by atoms with van der Waals surface area (Å²) in [5, 5.41) is 3.64. The largest absolute Gasteiger partial charge is 0.310 e. The minimum Gasteiger partial charge on any atom is -0.310 e. The van der Waals surface area contributed by atoms with Crippen LogP contribution < -0.4 is 5.32 Å². The van der Waals surface area contributed by atoms with Crippen LogP contribution in [0, 0.1) is 23.6 Å². The van der Waals surface area contributed by atoms with Gasteiger partial charge in [-0.15, -0.1) is 0 Å². The summed E-state index contributed by atoms with van der Waals surface area (Å²) < 4.78 is 14.6. The molecule has 0 aliphatic heterocycles. The van der Waals surface area contributed by atoms with Crippen LogP contribution in [0.25, 0.3) is 0 Å². The summed E-state index contributed by atoms with van der Waals surface area (Å²) in [5.41, 5.74) is 1.10. The zero-order valence-electron chi connectivity index (χ0n) is 12.7. The molecule has 2 bridgehead atoms. The molecular weight excluding hydrogens is 329 g/mol. The molecule has 2 fully saturated rings. The van der Waals surface area contributed by atoms with Crippen LogP contribution in [-0.4, -0.2) is 6.54 Å². The molecule has 2 saturated carbocycles.